The lowest BCUT2D eigenvalue weighted by Crippen LogP contribution is -2.40. The van der Waals surface area contributed by atoms with Gasteiger partial charge in [0.2, 0.25) is 18.4 Å². The number of benzene rings is 3. The molecule has 0 aliphatic carbocycles. The van der Waals surface area contributed by atoms with Crippen molar-refractivity contribution in [3.8, 4) is 0 Å². The maximum atomic E-state index is 13.8. The van der Waals surface area contributed by atoms with Gasteiger partial charge < -0.3 is 4.57 Å². The highest BCUT2D eigenvalue weighted by atomic mass is 79.9. The minimum absolute atomic E-state index is 0.0352. The summed E-state index contributed by atoms with van der Waals surface area (Å²) in [6.45, 7) is 0.114. The van der Waals surface area contributed by atoms with Crippen molar-refractivity contribution in [1.29, 1.82) is 0 Å². The van der Waals surface area contributed by atoms with Gasteiger partial charge in [0.1, 0.15) is 11.5 Å². The average Bonchev–Trinajstić information content (AvgIpc) is 3.33. The van der Waals surface area contributed by atoms with Crippen molar-refractivity contribution >= 4 is 33.7 Å². The second kappa shape index (κ2) is 9.31. The number of carbonyl (C=O) groups is 2. The van der Waals surface area contributed by atoms with Crippen LogP contribution in [-0.4, -0.2) is 33.5 Å². The molecular formula is C28H21BrFN2O2+. The number of ketones is 2. The molecule has 1 aliphatic rings. The molecule has 0 saturated heterocycles. The van der Waals surface area contributed by atoms with E-state index in [0.717, 1.165) is 15.7 Å². The number of nitrogens with zero attached hydrogens (tertiary/aromatic N) is 2. The first-order valence-corrected chi connectivity index (χ1v) is 11.7. The highest BCUT2D eigenvalue weighted by Crippen LogP contribution is 2.37. The largest absolute Gasteiger partial charge is 0.326 e. The lowest BCUT2D eigenvalue weighted by atomic mass is 9.90. The summed E-state index contributed by atoms with van der Waals surface area (Å²) < 4.78 is 18.4. The van der Waals surface area contributed by atoms with Crippen LogP contribution in [0.5, 0.6) is 0 Å². The molecule has 1 aliphatic heterocycles. The average molecular weight is 516 g/mol. The molecular weight excluding hydrogens is 495 g/mol. The van der Waals surface area contributed by atoms with Gasteiger partial charge in [0.15, 0.2) is 18.0 Å². The van der Waals surface area contributed by atoms with E-state index in [1.165, 1.54) is 24.3 Å². The van der Waals surface area contributed by atoms with E-state index in [1.807, 2.05) is 76.2 Å². The second-order valence-corrected chi connectivity index (χ2v) is 9.16. The molecule has 34 heavy (non-hydrogen) atoms. The molecule has 2 atom stereocenters. The van der Waals surface area contributed by atoms with E-state index < -0.39 is 17.9 Å². The van der Waals surface area contributed by atoms with Crippen molar-refractivity contribution in [3.05, 3.63) is 130 Å². The van der Waals surface area contributed by atoms with Crippen molar-refractivity contribution in [2.24, 2.45) is 0 Å². The van der Waals surface area contributed by atoms with Gasteiger partial charge in [-0.2, -0.15) is 0 Å². The van der Waals surface area contributed by atoms with Crippen LogP contribution < -0.4 is 0 Å². The molecule has 4 aromatic rings. The number of fused-ring (bicyclic) bond motifs is 1. The van der Waals surface area contributed by atoms with Crippen molar-refractivity contribution in [3.63, 3.8) is 0 Å². The predicted molar refractivity (Wildman–Crippen MR) is 132 cm³/mol. The summed E-state index contributed by atoms with van der Waals surface area (Å²) in [5.74, 6) is -0.572. The number of hydrogen-bond donors (Lipinski definition) is 0. The Hall–Kier alpha value is -3.64. The Morgan fingerprint density at radius 1 is 0.853 bits per heavy atom. The third-order valence-corrected chi connectivity index (χ3v) is 6.63. The first-order valence-electron chi connectivity index (χ1n) is 10.9. The van der Waals surface area contributed by atoms with Gasteiger partial charge in [0.25, 0.3) is 0 Å². The van der Waals surface area contributed by atoms with Gasteiger partial charge in [-0.05, 0) is 48.5 Å². The Kier molecular flexibility index (Phi) is 6.07. The molecule has 0 bridgehead atoms. The van der Waals surface area contributed by atoms with Crippen molar-refractivity contribution in [2.45, 2.75) is 12.1 Å². The Morgan fingerprint density at radius 3 is 2.26 bits per heavy atom. The van der Waals surface area contributed by atoms with Gasteiger partial charge >= 0.3 is 0 Å². The van der Waals surface area contributed by atoms with Gasteiger partial charge in [-0.25, -0.2) is 8.97 Å². The second-order valence-electron chi connectivity index (χ2n) is 8.24. The van der Waals surface area contributed by atoms with Crippen molar-refractivity contribution in [2.75, 3.05) is 6.54 Å². The minimum Gasteiger partial charge on any atom is -0.326 e. The number of hydrogen-bond acceptors (Lipinski definition) is 2. The van der Waals surface area contributed by atoms with Gasteiger partial charge in [0.05, 0.1) is 0 Å². The Bertz CT molecular complexity index is 1380. The summed E-state index contributed by atoms with van der Waals surface area (Å²) >= 11 is 3.48. The maximum Gasteiger partial charge on any atom is 0.227 e. The normalized spacial score (nSPS) is 17.1. The van der Waals surface area contributed by atoms with Gasteiger partial charge in [0, 0.05) is 27.4 Å². The summed E-state index contributed by atoms with van der Waals surface area (Å²) in [5, 5.41) is 0. The standard InChI is InChI=1S/C28H21BrFN2O2/c29-22-12-8-20(9-13-22)26-27(28(34)21-10-14-23(30)15-11-21)32-16-4-7-24(32)17-31(26)18-25(33)19-5-2-1-3-6-19/h1-17,26-27H,18H2/q+1/t26?,27-/m0/s1. The highest BCUT2D eigenvalue weighted by Gasteiger charge is 2.43. The van der Waals surface area contributed by atoms with E-state index in [1.54, 1.807) is 12.1 Å². The fraction of sp³-hybridized carbons (Fsp3) is 0.107. The maximum absolute atomic E-state index is 13.8. The zero-order valence-corrected chi connectivity index (χ0v) is 19.7. The van der Waals surface area contributed by atoms with E-state index in [-0.39, 0.29) is 18.1 Å². The molecule has 0 amide bonds. The number of aromatic nitrogens is 1. The molecule has 0 saturated carbocycles. The summed E-state index contributed by atoms with van der Waals surface area (Å²) in [6.07, 6.45) is 3.81. The van der Waals surface area contributed by atoms with E-state index in [4.69, 9.17) is 0 Å². The molecule has 3 aromatic carbocycles. The quantitative estimate of drug-likeness (QED) is 0.237. The molecule has 0 spiro atoms. The molecule has 0 N–H and O–H groups in total. The number of halogens is 2. The Morgan fingerprint density at radius 2 is 1.56 bits per heavy atom. The zero-order chi connectivity index (χ0) is 23.7. The molecule has 5 rings (SSSR count). The third-order valence-electron chi connectivity index (χ3n) is 6.10. The molecule has 168 valence electrons. The molecule has 0 fully saturated rings. The summed E-state index contributed by atoms with van der Waals surface area (Å²) in [5.41, 5.74) is 2.77. The number of rotatable bonds is 6. The third kappa shape index (κ3) is 4.29. The molecule has 0 radical (unpaired) electrons. The lowest BCUT2D eigenvalue weighted by molar-refractivity contribution is -0.563. The molecule has 6 heteroatoms. The number of carbonyl (C=O) groups excluding carboxylic acids is 2. The van der Waals surface area contributed by atoms with Crippen LogP contribution in [0.1, 0.15) is 44.1 Å². The van der Waals surface area contributed by atoms with E-state index in [0.29, 0.717) is 11.1 Å². The van der Waals surface area contributed by atoms with Gasteiger partial charge in [-0.1, -0.05) is 58.4 Å². The fourth-order valence-electron chi connectivity index (χ4n) is 4.47. The first-order chi connectivity index (χ1) is 16.5. The topological polar surface area (TPSA) is 42.1 Å². The Labute approximate surface area is 205 Å². The van der Waals surface area contributed by atoms with Crippen LogP contribution in [0.25, 0.3) is 0 Å². The van der Waals surface area contributed by atoms with Crippen LogP contribution >= 0.6 is 15.9 Å². The predicted octanol–water partition coefficient (Wildman–Crippen LogP) is 5.88. The monoisotopic (exact) mass is 515 g/mol. The van der Waals surface area contributed by atoms with Crippen LogP contribution in [0.15, 0.2) is 102 Å². The van der Waals surface area contributed by atoms with E-state index >= 15 is 0 Å². The van der Waals surface area contributed by atoms with E-state index in [9.17, 15) is 14.0 Å². The van der Waals surface area contributed by atoms with E-state index in [2.05, 4.69) is 15.9 Å². The SMILES string of the molecule is O=C(C[N+]1=Cc2cccn2[C@H](C(=O)c2ccc(F)cc2)C1c1ccc(Br)cc1)c1ccccc1. The zero-order valence-electron chi connectivity index (χ0n) is 18.1. The molecule has 1 unspecified atom stereocenters. The van der Waals surface area contributed by atoms with Gasteiger partial charge in [-0.15, -0.1) is 0 Å². The molecule has 1 aromatic heterocycles. The van der Waals surface area contributed by atoms with Gasteiger partial charge in [-0.3, -0.25) is 9.59 Å². The smallest absolute Gasteiger partial charge is 0.227 e. The Balaban J connectivity index is 1.62. The van der Waals surface area contributed by atoms with Crippen LogP contribution in [-0.2, 0) is 0 Å². The van der Waals surface area contributed by atoms with Crippen molar-refractivity contribution < 1.29 is 18.6 Å². The fourth-order valence-corrected chi connectivity index (χ4v) is 4.73. The van der Waals surface area contributed by atoms with Crippen LogP contribution in [0.4, 0.5) is 4.39 Å². The molecule has 2 heterocycles. The van der Waals surface area contributed by atoms with Crippen LogP contribution in [0.3, 0.4) is 0 Å². The van der Waals surface area contributed by atoms with Crippen molar-refractivity contribution in [1.82, 2.24) is 4.57 Å². The summed E-state index contributed by atoms with van der Waals surface area (Å²) in [4.78, 5) is 27.0. The minimum atomic E-state index is -0.634. The van der Waals surface area contributed by atoms with Crippen LogP contribution in [0, 0.1) is 5.82 Å². The first kappa shape index (κ1) is 22.2. The van der Waals surface area contributed by atoms with Crippen LogP contribution in [0.2, 0.25) is 0 Å². The lowest BCUT2D eigenvalue weighted by Gasteiger charge is -2.30. The summed E-state index contributed by atoms with van der Waals surface area (Å²) in [6, 6.07) is 25.3. The number of Topliss-reactive ketones (excluding diaryl/α,β-unsaturated/α-hetero) is 2. The summed E-state index contributed by atoms with van der Waals surface area (Å²) in [7, 11) is 0. The molecule has 4 nitrogen and oxygen atoms in total. The highest BCUT2D eigenvalue weighted by molar-refractivity contribution is 9.10.